The number of rotatable bonds is 18. The van der Waals surface area contributed by atoms with Crippen LogP contribution in [0.3, 0.4) is 0 Å². The van der Waals surface area contributed by atoms with Crippen LogP contribution in [0, 0.1) is 16.6 Å². The van der Waals surface area contributed by atoms with Gasteiger partial charge in [0, 0.05) is 37.3 Å². The number of nitrogens with zero attached hydrogens (tertiary/aromatic N) is 3. The smallest absolute Gasteiger partial charge is 0.251 e. The van der Waals surface area contributed by atoms with Crippen LogP contribution in [0.2, 0.25) is 0 Å². The van der Waals surface area contributed by atoms with Gasteiger partial charge in [0.05, 0.1) is 18.1 Å². The number of carbonyl (C=O) groups is 7. The predicted octanol–water partition coefficient (Wildman–Crippen LogP) is 6.08. The van der Waals surface area contributed by atoms with Crippen molar-refractivity contribution in [2.45, 2.75) is 162 Å². The first-order valence-electron chi connectivity index (χ1n) is 27.9. The Morgan fingerprint density at radius 1 is 0.671 bits per heavy atom. The van der Waals surface area contributed by atoms with Crippen LogP contribution in [0.25, 0.3) is 0 Å². The molecule has 7 rings (SSSR count). The molecular weight excluding hydrogens is 1000 g/mol. The van der Waals surface area contributed by atoms with E-state index in [1.54, 1.807) is 80.2 Å². The Hall–Kier alpha value is -6.98. The molecule has 1 saturated heterocycles. The summed E-state index contributed by atoms with van der Waals surface area (Å²) >= 11 is 0. The molecule has 2 aliphatic heterocycles. The van der Waals surface area contributed by atoms with E-state index in [1.165, 1.54) is 16.5 Å². The van der Waals surface area contributed by atoms with Crippen LogP contribution in [-0.4, -0.2) is 126 Å². The maximum atomic E-state index is 15.6. The molecule has 17 heteroatoms. The highest BCUT2D eigenvalue weighted by Crippen LogP contribution is 2.36. The third-order valence-corrected chi connectivity index (χ3v) is 16.0. The molecule has 4 aromatic carbocycles. The van der Waals surface area contributed by atoms with Gasteiger partial charge in [0.1, 0.15) is 30.0 Å². The van der Waals surface area contributed by atoms with Gasteiger partial charge in [-0.1, -0.05) is 120 Å². The van der Waals surface area contributed by atoms with Crippen LogP contribution in [0.4, 0.5) is 4.39 Å². The highest BCUT2D eigenvalue weighted by atomic mass is 19.1. The number of carbonyl (C=O) groups excluding carboxylic acids is 7. The maximum Gasteiger partial charge on any atom is 0.251 e. The van der Waals surface area contributed by atoms with Gasteiger partial charge in [-0.25, -0.2) is 4.39 Å². The van der Waals surface area contributed by atoms with E-state index in [-0.39, 0.29) is 62.1 Å². The Bertz CT molecular complexity index is 2860. The van der Waals surface area contributed by atoms with Crippen LogP contribution in [0.5, 0.6) is 0 Å². The quantitative estimate of drug-likeness (QED) is 0.0683. The molecule has 9 atom stereocenters. The number of hydrogen-bond donors (Lipinski definition) is 6. The first-order valence-corrected chi connectivity index (χ1v) is 27.9. The van der Waals surface area contributed by atoms with Crippen LogP contribution < -0.4 is 31.9 Å². The minimum atomic E-state index is -1.08. The minimum Gasteiger partial charge on any atom is -0.347 e. The van der Waals surface area contributed by atoms with Gasteiger partial charge >= 0.3 is 0 Å². The second-order valence-electron chi connectivity index (χ2n) is 23.9. The average molecular weight is 1080 g/mol. The number of amides is 7. The number of likely N-dealkylation sites (tertiary alicyclic amines) is 1. The van der Waals surface area contributed by atoms with E-state index < -0.39 is 82.7 Å². The molecule has 0 bridgehead atoms. The fourth-order valence-electron chi connectivity index (χ4n) is 11.0. The summed E-state index contributed by atoms with van der Waals surface area (Å²) in [6.07, 6.45) is 3.32. The first kappa shape index (κ1) is 59.7. The summed E-state index contributed by atoms with van der Waals surface area (Å²) in [5, 5.41) is 18.1. The molecule has 79 heavy (non-hydrogen) atoms. The Labute approximate surface area is 465 Å². The minimum absolute atomic E-state index is 0.0186. The Balaban J connectivity index is 1.15. The van der Waals surface area contributed by atoms with Gasteiger partial charge in [0.15, 0.2) is 0 Å². The standard InChI is InChI=1S/C62H82FN9O7/c1-37(33-44-21-14-17-25-48(44)63)71(58(77)51-47-24-16-13-20-42(47)31-32-70(51)59(78)52(61(4,5)6)68-54(73)38(2)64-10)35-40-27-29-43(30-28-40)56(75)66-45-34-50(57(76)67-49-26-18-22-41-19-12-15-23-46(41)49)72(36-45)60(79)53(62(7,8)9)69-55(74)39(3)65-11/h12-17,19-21,23-25,27-30,37-39,45,49-53,64-65H,18,22,26,31-36H2,1-11H3,(H,66,75)(H,67,76)(H,68,73)(H,69,74)/t37-,38+,39+,45+,49?,50?,51+,52-,53?/m1/s1. The second kappa shape index (κ2) is 25.4. The number of halogens is 1. The molecule has 1 fully saturated rings. The van der Waals surface area contributed by atoms with Crippen molar-refractivity contribution in [3.8, 4) is 0 Å². The van der Waals surface area contributed by atoms with E-state index in [2.05, 4.69) is 38.0 Å². The molecule has 2 heterocycles. The number of likely N-dealkylation sites (N-methyl/N-ethyl adjacent to an activating group) is 2. The highest BCUT2D eigenvalue weighted by molar-refractivity contribution is 5.97. The van der Waals surface area contributed by atoms with Gasteiger partial charge in [-0.15, -0.1) is 0 Å². The van der Waals surface area contributed by atoms with Crippen molar-refractivity contribution in [2.75, 3.05) is 27.2 Å². The zero-order valence-corrected chi connectivity index (χ0v) is 47.9. The van der Waals surface area contributed by atoms with Gasteiger partial charge in [-0.3, -0.25) is 33.6 Å². The number of hydrogen-bond acceptors (Lipinski definition) is 9. The van der Waals surface area contributed by atoms with Crippen molar-refractivity contribution >= 4 is 41.4 Å². The molecule has 1 aliphatic carbocycles. The molecule has 0 aromatic heterocycles. The molecule has 16 nitrogen and oxygen atoms in total. The molecule has 3 aliphatic rings. The number of benzene rings is 4. The van der Waals surface area contributed by atoms with Gasteiger partial charge in [0.2, 0.25) is 29.5 Å². The molecule has 3 unspecified atom stereocenters. The number of nitrogens with one attached hydrogen (secondary N) is 6. The SMILES string of the molecule is CN[C@@H](C)C(=O)NC(C(=O)N1C[C@@H](NC(=O)c2ccc(CN(C(=O)[C@@H]3c4ccccc4CCN3C(=O)[C@@H](NC(=O)[C@H](C)NC)C(C)(C)C)[C@H](C)Cc3ccccc3F)cc2)CC1C(=O)NC1CCCc2ccccc21)C(C)(C)C. The molecule has 0 spiro atoms. The third kappa shape index (κ3) is 14.1. The number of fused-ring (bicyclic) bond motifs is 2. The molecule has 0 saturated carbocycles. The molecule has 6 N–H and O–H groups in total. The monoisotopic (exact) mass is 1080 g/mol. The molecule has 7 amide bonds. The van der Waals surface area contributed by atoms with Crippen molar-refractivity contribution in [3.63, 3.8) is 0 Å². The van der Waals surface area contributed by atoms with E-state index >= 15 is 9.18 Å². The number of aryl methyl sites for hydroxylation is 1. The lowest BCUT2D eigenvalue weighted by Gasteiger charge is -2.43. The molecule has 424 valence electrons. The first-order chi connectivity index (χ1) is 37.4. The molecule has 0 radical (unpaired) electrons. The lowest BCUT2D eigenvalue weighted by Crippen LogP contribution is -2.60. The van der Waals surface area contributed by atoms with Gasteiger partial charge in [0.25, 0.3) is 11.8 Å². The van der Waals surface area contributed by atoms with Crippen molar-refractivity contribution in [1.82, 2.24) is 46.6 Å². The summed E-state index contributed by atoms with van der Waals surface area (Å²) in [4.78, 5) is 105. The molecule has 4 aromatic rings. The van der Waals surface area contributed by atoms with E-state index in [1.807, 2.05) is 90.9 Å². The summed E-state index contributed by atoms with van der Waals surface area (Å²) in [7, 11) is 3.32. The van der Waals surface area contributed by atoms with Crippen LogP contribution in [-0.2, 0) is 54.6 Å². The second-order valence-corrected chi connectivity index (χ2v) is 23.9. The lowest BCUT2D eigenvalue weighted by molar-refractivity contribution is -0.152. The zero-order chi connectivity index (χ0) is 57.5. The maximum absolute atomic E-state index is 15.6. The van der Waals surface area contributed by atoms with Gasteiger partial charge < -0.3 is 46.6 Å². The van der Waals surface area contributed by atoms with E-state index in [4.69, 9.17) is 0 Å². The highest BCUT2D eigenvalue weighted by Gasteiger charge is 2.47. The summed E-state index contributed by atoms with van der Waals surface area (Å²) in [6, 6.07) is 22.2. The average Bonchev–Trinajstić information content (AvgIpc) is 3.88. The van der Waals surface area contributed by atoms with Crippen molar-refractivity contribution in [3.05, 3.63) is 142 Å². The normalized spacial score (nSPS) is 20.1. The fraction of sp³-hybridized carbons (Fsp3) is 0.500. The zero-order valence-electron chi connectivity index (χ0n) is 47.9. The van der Waals surface area contributed by atoms with E-state index in [0.29, 0.717) is 28.7 Å². The summed E-state index contributed by atoms with van der Waals surface area (Å²) in [5.74, 6) is -3.11. The molecular formula is C62H82FN9O7. The Morgan fingerprint density at radius 3 is 1.80 bits per heavy atom. The van der Waals surface area contributed by atoms with Crippen molar-refractivity contribution in [2.24, 2.45) is 10.8 Å². The fourth-order valence-corrected chi connectivity index (χ4v) is 11.0. The van der Waals surface area contributed by atoms with Crippen LogP contribution in [0.1, 0.15) is 137 Å². The van der Waals surface area contributed by atoms with Crippen molar-refractivity contribution < 1.29 is 38.0 Å². The summed E-state index contributed by atoms with van der Waals surface area (Å²) < 4.78 is 15.4. The Morgan fingerprint density at radius 2 is 1.22 bits per heavy atom. The van der Waals surface area contributed by atoms with Gasteiger partial charge in [-0.2, -0.15) is 0 Å². The topological polar surface area (TPSA) is 201 Å². The summed E-state index contributed by atoms with van der Waals surface area (Å²) in [6.45, 7) is 16.7. The Kier molecular flexibility index (Phi) is 19.2. The van der Waals surface area contributed by atoms with Crippen LogP contribution in [0.15, 0.2) is 97.1 Å². The summed E-state index contributed by atoms with van der Waals surface area (Å²) in [5.41, 5.74) is 3.70. The predicted molar refractivity (Wildman–Crippen MR) is 303 cm³/mol. The van der Waals surface area contributed by atoms with E-state index in [0.717, 1.165) is 30.4 Å². The van der Waals surface area contributed by atoms with Crippen molar-refractivity contribution in [1.29, 1.82) is 0 Å². The van der Waals surface area contributed by atoms with Crippen LogP contribution >= 0.6 is 0 Å². The van der Waals surface area contributed by atoms with E-state index in [9.17, 15) is 28.8 Å². The lowest BCUT2D eigenvalue weighted by atomic mass is 9.83. The largest absolute Gasteiger partial charge is 0.347 e. The van der Waals surface area contributed by atoms with Gasteiger partial charge in [-0.05, 0) is 136 Å². The third-order valence-electron chi connectivity index (χ3n) is 16.0.